The van der Waals surface area contributed by atoms with Crippen LogP contribution in [0.5, 0.6) is 5.75 Å². The van der Waals surface area contributed by atoms with E-state index in [0.29, 0.717) is 39.4 Å². The van der Waals surface area contributed by atoms with E-state index < -0.39 is 10.8 Å². The van der Waals surface area contributed by atoms with Crippen LogP contribution in [0.4, 0.5) is 15.9 Å². The number of fused-ring (bicyclic) bond motifs is 1. The molecular formula is C29H26ClFN4O3S. The van der Waals surface area contributed by atoms with Crippen LogP contribution < -0.4 is 15.4 Å². The highest BCUT2D eigenvalue weighted by Crippen LogP contribution is 2.33. The number of halogens is 2. The summed E-state index contributed by atoms with van der Waals surface area (Å²) in [5, 5.41) is 7.68. The molecule has 7 nitrogen and oxygen atoms in total. The maximum atomic E-state index is 13.4. The van der Waals surface area contributed by atoms with Crippen molar-refractivity contribution in [2.75, 3.05) is 24.4 Å². The van der Waals surface area contributed by atoms with Gasteiger partial charge >= 0.3 is 0 Å². The Balaban J connectivity index is 1.36. The van der Waals surface area contributed by atoms with Crippen molar-refractivity contribution in [1.29, 1.82) is 0 Å². The van der Waals surface area contributed by atoms with E-state index in [0.717, 1.165) is 22.2 Å². The molecule has 0 aliphatic rings. The van der Waals surface area contributed by atoms with E-state index >= 15 is 0 Å². The van der Waals surface area contributed by atoms with Crippen molar-refractivity contribution >= 4 is 44.8 Å². The van der Waals surface area contributed by atoms with E-state index in [-0.39, 0.29) is 18.5 Å². The zero-order chi connectivity index (χ0) is 27.4. The van der Waals surface area contributed by atoms with Crippen LogP contribution in [0.1, 0.15) is 17.4 Å². The predicted octanol–water partition coefficient (Wildman–Crippen LogP) is 6.64. The molecule has 0 radical (unpaired) electrons. The largest absolute Gasteiger partial charge is 0.487 e. The summed E-state index contributed by atoms with van der Waals surface area (Å²) in [7, 11) is 0.855. The SMILES string of the molecule is CN[C@@H](CS(C)=O)c1ccc(-c2ccc3ncnc(Nc4ccc(OCc5cccc(F)c5)c(Cl)c4)c3c2)o1. The second-order valence-electron chi connectivity index (χ2n) is 8.93. The van der Waals surface area contributed by atoms with Crippen LogP contribution >= 0.6 is 11.6 Å². The molecular weight excluding hydrogens is 539 g/mol. The highest BCUT2D eigenvalue weighted by molar-refractivity contribution is 7.84. The first-order valence-electron chi connectivity index (χ1n) is 12.2. The Morgan fingerprint density at radius 1 is 1.08 bits per heavy atom. The van der Waals surface area contributed by atoms with Crippen LogP contribution in [0.25, 0.3) is 22.2 Å². The molecule has 0 amide bonds. The Labute approximate surface area is 232 Å². The van der Waals surface area contributed by atoms with Gasteiger partial charge in [0.05, 0.1) is 16.6 Å². The van der Waals surface area contributed by atoms with Gasteiger partial charge in [0.15, 0.2) is 0 Å². The molecule has 0 saturated heterocycles. The van der Waals surface area contributed by atoms with Gasteiger partial charge in [-0.2, -0.15) is 0 Å². The lowest BCUT2D eigenvalue weighted by Crippen LogP contribution is -2.21. The fourth-order valence-electron chi connectivity index (χ4n) is 4.17. The highest BCUT2D eigenvalue weighted by Gasteiger charge is 2.17. The van der Waals surface area contributed by atoms with E-state index in [9.17, 15) is 8.60 Å². The highest BCUT2D eigenvalue weighted by atomic mass is 35.5. The Hall–Kier alpha value is -3.79. The lowest BCUT2D eigenvalue weighted by Gasteiger charge is -2.13. The lowest BCUT2D eigenvalue weighted by molar-refractivity contribution is 0.306. The number of nitrogens with zero attached hydrogens (tertiary/aromatic N) is 2. The molecule has 2 heterocycles. The van der Waals surface area contributed by atoms with Gasteiger partial charge in [0.25, 0.3) is 0 Å². The average molecular weight is 565 g/mol. The van der Waals surface area contributed by atoms with E-state index in [1.54, 1.807) is 30.5 Å². The van der Waals surface area contributed by atoms with Crippen LogP contribution in [0.3, 0.4) is 0 Å². The molecule has 0 aliphatic carbocycles. The molecule has 5 rings (SSSR count). The third-order valence-corrected chi connectivity index (χ3v) is 7.22. The predicted molar refractivity (Wildman–Crippen MR) is 153 cm³/mol. The summed E-state index contributed by atoms with van der Waals surface area (Å²) in [4.78, 5) is 8.84. The van der Waals surface area contributed by atoms with Gasteiger partial charge in [-0.05, 0) is 73.3 Å². The monoisotopic (exact) mass is 564 g/mol. The first kappa shape index (κ1) is 26.8. The number of hydrogen-bond donors (Lipinski definition) is 2. The van der Waals surface area contributed by atoms with Gasteiger partial charge in [0.2, 0.25) is 0 Å². The average Bonchev–Trinajstić information content (AvgIpc) is 3.41. The van der Waals surface area contributed by atoms with Gasteiger partial charge in [-0.15, -0.1) is 0 Å². The standard InChI is InChI=1S/C29H26ClFN4O3S/c1-32-25(16-39(2)36)28-11-10-26(38-28)19-6-8-24-22(13-19)29(34-17-33-24)35-21-7-9-27(23(30)14-21)37-15-18-4-3-5-20(31)12-18/h3-14,17,25,32H,15-16H2,1-2H3,(H,33,34,35)/t25-,39?/m0/s1. The summed E-state index contributed by atoms with van der Waals surface area (Å²) in [5.74, 6) is 2.65. The van der Waals surface area contributed by atoms with Gasteiger partial charge in [-0.3, -0.25) is 4.21 Å². The minimum atomic E-state index is -0.965. The fraction of sp³-hybridized carbons (Fsp3) is 0.172. The molecule has 10 heteroatoms. The Morgan fingerprint density at radius 2 is 1.95 bits per heavy atom. The van der Waals surface area contributed by atoms with Crippen molar-refractivity contribution in [2.45, 2.75) is 12.6 Å². The maximum absolute atomic E-state index is 13.4. The molecule has 39 heavy (non-hydrogen) atoms. The summed E-state index contributed by atoms with van der Waals surface area (Å²) in [6.07, 6.45) is 3.17. The Kier molecular flexibility index (Phi) is 8.21. The summed E-state index contributed by atoms with van der Waals surface area (Å²) in [5.41, 5.74) is 3.05. The lowest BCUT2D eigenvalue weighted by atomic mass is 10.1. The molecule has 3 aromatic carbocycles. The fourth-order valence-corrected chi connectivity index (χ4v) is 5.20. The van der Waals surface area contributed by atoms with Gasteiger partial charge in [-0.25, -0.2) is 14.4 Å². The molecule has 5 aromatic rings. The number of anilines is 2. The quantitative estimate of drug-likeness (QED) is 0.196. The summed E-state index contributed by atoms with van der Waals surface area (Å²) in [6, 6.07) is 21.0. The Morgan fingerprint density at radius 3 is 2.72 bits per heavy atom. The van der Waals surface area contributed by atoms with Crippen LogP contribution in [-0.4, -0.2) is 33.2 Å². The second kappa shape index (κ2) is 11.9. The van der Waals surface area contributed by atoms with Crippen LogP contribution in [0.2, 0.25) is 5.02 Å². The third-order valence-electron chi connectivity index (χ3n) is 6.12. The molecule has 0 saturated carbocycles. The molecule has 0 spiro atoms. The first-order valence-corrected chi connectivity index (χ1v) is 14.3. The van der Waals surface area contributed by atoms with Crippen molar-refractivity contribution in [3.63, 3.8) is 0 Å². The topological polar surface area (TPSA) is 89.3 Å². The van der Waals surface area contributed by atoms with Crippen LogP contribution in [-0.2, 0) is 17.4 Å². The van der Waals surface area contributed by atoms with E-state index in [1.807, 2.05) is 43.4 Å². The zero-order valence-electron chi connectivity index (χ0n) is 21.3. The minimum Gasteiger partial charge on any atom is -0.487 e. The van der Waals surface area contributed by atoms with Crippen molar-refractivity contribution < 1.29 is 17.8 Å². The number of ether oxygens (including phenoxy) is 1. The number of aromatic nitrogens is 2. The Bertz CT molecular complexity index is 1640. The van der Waals surface area contributed by atoms with Crippen LogP contribution in [0, 0.1) is 5.82 Å². The number of furan rings is 1. The first-order chi connectivity index (χ1) is 18.9. The molecule has 0 bridgehead atoms. The molecule has 2 N–H and O–H groups in total. The number of benzene rings is 3. The van der Waals surface area contributed by atoms with Gasteiger partial charge in [-0.1, -0.05) is 23.7 Å². The maximum Gasteiger partial charge on any atom is 0.141 e. The zero-order valence-corrected chi connectivity index (χ0v) is 22.9. The van der Waals surface area contributed by atoms with E-state index in [1.165, 1.54) is 18.5 Å². The molecule has 200 valence electrons. The third kappa shape index (κ3) is 6.44. The van der Waals surface area contributed by atoms with Gasteiger partial charge in [0, 0.05) is 39.4 Å². The molecule has 2 aromatic heterocycles. The smallest absolute Gasteiger partial charge is 0.141 e. The second-order valence-corrected chi connectivity index (χ2v) is 10.8. The van der Waals surface area contributed by atoms with E-state index in [2.05, 4.69) is 20.6 Å². The molecule has 0 aliphatic heterocycles. The summed E-state index contributed by atoms with van der Waals surface area (Å²) >= 11 is 6.48. The number of rotatable bonds is 10. The van der Waals surface area contributed by atoms with Crippen molar-refractivity contribution in [3.8, 4) is 17.1 Å². The van der Waals surface area contributed by atoms with Crippen molar-refractivity contribution in [2.24, 2.45) is 0 Å². The summed E-state index contributed by atoms with van der Waals surface area (Å²) in [6.45, 7) is 0.198. The van der Waals surface area contributed by atoms with Crippen molar-refractivity contribution in [1.82, 2.24) is 15.3 Å². The molecule has 0 fully saturated rings. The van der Waals surface area contributed by atoms with Crippen molar-refractivity contribution in [3.05, 3.63) is 101 Å². The van der Waals surface area contributed by atoms with E-state index in [4.69, 9.17) is 20.8 Å². The number of nitrogens with one attached hydrogen (secondary N) is 2. The van der Waals surface area contributed by atoms with Gasteiger partial charge < -0.3 is 19.8 Å². The molecule has 2 atom stereocenters. The van der Waals surface area contributed by atoms with Gasteiger partial charge in [0.1, 0.15) is 41.8 Å². The normalized spacial score (nSPS) is 12.8. The molecule has 1 unspecified atom stereocenters. The number of hydrogen-bond acceptors (Lipinski definition) is 7. The van der Waals surface area contributed by atoms with Crippen LogP contribution in [0.15, 0.2) is 83.5 Å². The minimum absolute atomic E-state index is 0.142. The summed E-state index contributed by atoms with van der Waals surface area (Å²) < 4.78 is 37.0.